The van der Waals surface area contributed by atoms with E-state index in [4.69, 9.17) is 0 Å². The van der Waals surface area contributed by atoms with Crippen molar-refractivity contribution in [3.05, 3.63) is 48.1 Å². The van der Waals surface area contributed by atoms with Crippen LogP contribution >= 0.6 is 0 Å². The van der Waals surface area contributed by atoms with Crippen molar-refractivity contribution < 1.29 is 0 Å². The van der Waals surface area contributed by atoms with E-state index in [0.717, 1.165) is 12.3 Å². The number of allylic oxidation sites excluding steroid dienone is 7. The van der Waals surface area contributed by atoms with Gasteiger partial charge < -0.3 is 0 Å². The summed E-state index contributed by atoms with van der Waals surface area (Å²) in [5, 5.41) is 0. The molecule has 0 bridgehead atoms. The highest BCUT2D eigenvalue weighted by molar-refractivity contribution is 5.13. The molecule has 0 saturated carbocycles. The zero-order valence-corrected chi connectivity index (χ0v) is 18.1. The first kappa shape index (κ1) is 24.0. The Morgan fingerprint density at radius 1 is 0.960 bits per heavy atom. The summed E-state index contributed by atoms with van der Waals surface area (Å²) in [6, 6.07) is 0. The van der Waals surface area contributed by atoms with Gasteiger partial charge in [-0.25, -0.2) is 0 Å². The van der Waals surface area contributed by atoms with Crippen LogP contribution in [0.1, 0.15) is 87.0 Å². The number of hydrogen-bond donors (Lipinski definition) is 0. The Hall–Kier alpha value is -1.04. The van der Waals surface area contributed by atoms with Gasteiger partial charge in [0, 0.05) is 0 Å². The third-order valence-corrected chi connectivity index (χ3v) is 5.55. The van der Waals surface area contributed by atoms with Crippen LogP contribution in [0.15, 0.2) is 48.1 Å². The van der Waals surface area contributed by atoms with Gasteiger partial charge in [-0.15, -0.1) is 0 Å². The molecule has 0 aliphatic rings. The van der Waals surface area contributed by atoms with E-state index in [-0.39, 0.29) is 0 Å². The largest absolute Gasteiger partial charge is 0.0998 e. The summed E-state index contributed by atoms with van der Waals surface area (Å²) in [7, 11) is 0. The Labute approximate surface area is 159 Å². The summed E-state index contributed by atoms with van der Waals surface area (Å²) in [5.41, 5.74) is 2.78. The highest BCUT2D eigenvalue weighted by atomic mass is 14.2. The Bertz CT molecular complexity index is 435. The fourth-order valence-electron chi connectivity index (χ4n) is 3.20. The maximum absolute atomic E-state index is 4.17. The van der Waals surface area contributed by atoms with Crippen LogP contribution in [-0.2, 0) is 0 Å². The molecule has 0 rings (SSSR count). The van der Waals surface area contributed by atoms with Gasteiger partial charge in [-0.05, 0) is 50.4 Å². The molecule has 0 heteroatoms. The number of rotatable bonds is 13. The lowest BCUT2D eigenvalue weighted by molar-refractivity contribution is 0.423. The van der Waals surface area contributed by atoms with Crippen molar-refractivity contribution in [2.45, 2.75) is 87.0 Å². The SMILES string of the molecule is C=C(C)C(C)C(C=C(C)CC=CC=CC(C)C(C)CCC)CCCC. The molecule has 0 nitrogen and oxygen atoms in total. The van der Waals surface area contributed by atoms with Crippen molar-refractivity contribution in [1.82, 2.24) is 0 Å². The molecule has 0 radical (unpaired) electrons. The molecule has 0 N–H and O–H groups in total. The fourth-order valence-corrected chi connectivity index (χ4v) is 3.20. The monoisotopic (exact) mass is 344 g/mol. The summed E-state index contributed by atoms with van der Waals surface area (Å²) in [4.78, 5) is 0. The van der Waals surface area contributed by atoms with Crippen molar-refractivity contribution in [3.63, 3.8) is 0 Å². The van der Waals surface area contributed by atoms with E-state index in [0.29, 0.717) is 17.8 Å². The molecule has 0 fully saturated rings. The molecule has 0 aromatic heterocycles. The molecule has 144 valence electrons. The molecule has 4 unspecified atom stereocenters. The van der Waals surface area contributed by atoms with E-state index >= 15 is 0 Å². The van der Waals surface area contributed by atoms with Gasteiger partial charge in [-0.3, -0.25) is 0 Å². The Kier molecular flexibility index (Phi) is 13.6. The van der Waals surface area contributed by atoms with Crippen molar-refractivity contribution in [3.8, 4) is 0 Å². The lowest BCUT2D eigenvalue weighted by atomic mass is 9.83. The van der Waals surface area contributed by atoms with E-state index in [1.807, 2.05) is 0 Å². The minimum Gasteiger partial charge on any atom is -0.0998 e. The van der Waals surface area contributed by atoms with Gasteiger partial charge in [0.1, 0.15) is 0 Å². The van der Waals surface area contributed by atoms with Gasteiger partial charge in [0.25, 0.3) is 0 Å². The van der Waals surface area contributed by atoms with Crippen molar-refractivity contribution in [2.24, 2.45) is 23.7 Å². The van der Waals surface area contributed by atoms with Crippen LogP contribution in [0.5, 0.6) is 0 Å². The molecule has 25 heavy (non-hydrogen) atoms. The second-order valence-electron chi connectivity index (χ2n) is 8.10. The molecular formula is C25H44. The number of unbranched alkanes of at least 4 members (excludes halogenated alkanes) is 1. The van der Waals surface area contributed by atoms with Crippen LogP contribution in [0.2, 0.25) is 0 Å². The first-order chi connectivity index (χ1) is 11.8. The molecule has 0 saturated heterocycles. The molecule has 0 spiro atoms. The first-order valence-electron chi connectivity index (χ1n) is 10.5. The predicted octanol–water partition coefficient (Wildman–Crippen LogP) is 8.53. The summed E-state index contributed by atoms with van der Waals surface area (Å²) >= 11 is 0. The van der Waals surface area contributed by atoms with E-state index in [1.165, 1.54) is 43.3 Å². The van der Waals surface area contributed by atoms with Gasteiger partial charge in [-0.1, -0.05) is 108 Å². The summed E-state index contributed by atoms with van der Waals surface area (Å²) < 4.78 is 0. The second kappa shape index (κ2) is 14.2. The third-order valence-electron chi connectivity index (χ3n) is 5.55. The molecule has 0 aliphatic heterocycles. The molecule has 0 aliphatic carbocycles. The third kappa shape index (κ3) is 11.2. The minimum absolute atomic E-state index is 0.575. The maximum Gasteiger partial charge on any atom is -0.0138 e. The van der Waals surface area contributed by atoms with Crippen LogP contribution in [0.3, 0.4) is 0 Å². The fraction of sp³-hybridized carbons (Fsp3) is 0.680. The molecule has 0 amide bonds. The van der Waals surface area contributed by atoms with Crippen molar-refractivity contribution in [1.29, 1.82) is 0 Å². The summed E-state index contributed by atoms with van der Waals surface area (Å²) in [6.07, 6.45) is 19.1. The van der Waals surface area contributed by atoms with Crippen LogP contribution in [0.25, 0.3) is 0 Å². The van der Waals surface area contributed by atoms with Gasteiger partial charge in [0.05, 0.1) is 0 Å². The quantitative estimate of drug-likeness (QED) is 0.232. The Balaban J connectivity index is 4.58. The summed E-state index contributed by atoms with van der Waals surface area (Å²) in [5.74, 6) is 2.65. The standard InChI is InChI=1S/C25H44/c1-9-11-18-25(24(8)20(3)4)19-21(5)16-13-12-14-17-23(7)22(6)15-10-2/h12-14,17,19,22-25H,3,9-11,15-16,18H2,1-2,4-8H3. The molecule has 4 atom stereocenters. The lowest BCUT2D eigenvalue weighted by Crippen LogP contribution is -2.10. The predicted molar refractivity (Wildman–Crippen MR) is 117 cm³/mol. The number of hydrogen-bond acceptors (Lipinski definition) is 0. The topological polar surface area (TPSA) is 0 Å². The Morgan fingerprint density at radius 3 is 2.20 bits per heavy atom. The van der Waals surface area contributed by atoms with Gasteiger partial charge in [0.2, 0.25) is 0 Å². The normalized spacial score (nSPS) is 17.8. The van der Waals surface area contributed by atoms with Gasteiger partial charge in [-0.2, -0.15) is 0 Å². The van der Waals surface area contributed by atoms with E-state index < -0.39 is 0 Å². The molecule has 0 heterocycles. The molecular weight excluding hydrogens is 300 g/mol. The first-order valence-corrected chi connectivity index (χ1v) is 10.5. The Morgan fingerprint density at radius 2 is 1.64 bits per heavy atom. The lowest BCUT2D eigenvalue weighted by Gasteiger charge is -2.22. The minimum atomic E-state index is 0.575. The van der Waals surface area contributed by atoms with Crippen LogP contribution in [0.4, 0.5) is 0 Å². The molecule has 0 aromatic rings. The van der Waals surface area contributed by atoms with Crippen molar-refractivity contribution in [2.75, 3.05) is 0 Å². The van der Waals surface area contributed by atoms with Gasteiger partial charge in [0.15, 0.2) is 0 Å². The summed E-state index contributed by atoms with van der Waals surface area (Å²) in [6.45, 7) is 20.1. The van der Waals surface area contributed by atoms with Crippen LogP contribution in [0, 0.1) is 23.7 Å². The molecule has 0 aromatic carbocycles. The van der Waals surface area contributed by atoms with Gasteiger partial charge >= 0.3 is 0 Å². The zero-order valence-electron chi connectivity index (χ0n) is 18.1. The van der Waals surface area contributed by atoms with Crippen LogP contribution < -0.4 is 0 Å². The smallest absolute Gasteiger partial charge is 0.0138 e. The maximum atomic E-state index is 4.17. The average molecular weight is 345 g/mol. The van der Waals surface area contributed by atoms with Crippen molar-refractivity contribution >= 4 is 0 Å². The van der Waals surface area contributed by atoms with Crippen LogP contribution in [-0.4, -0.2) is 0 Å². The zero-order chi connectivity index (χ0) is 19.2. The highest BCUT2D eigenvalue weighted by Crippen LogP contribution is 2.27. The van der Waals surface area contributed by atoms with E-state index in [2.05, 4.69) is 85.4 Å². The van der Waals surface area contributed by atoms with E-state index in [9.17, 15) is 0 Å². The van der Waals surface area contributed by atoms with E-state index in [1.54, 1.807) is 0 Å². The average Bonchev–Trinajstić information content (AvgIpc) is 2.57. The highest BCUT2D eigenvalue weighted by Gasteiger charge is 2.15. The second-order valence-corrected chi connectivity index (χ2v) is 8.10.